The summed E-state index contributed by atoms with van der Waals surface area (Å²) < 4.78 is 130. The van der Waals surface area contributed by atoms with Crippen molar-refractivity contribution in [2.45, 2.75) is 63.4 Å². The summed E-state index contributed by atoms with van der Waals surface area (Å²) in [7, 11) is -8.18. The summed E-state index contributed by atoms with van der Waals surface area (Å²) in [5.41, 5.74) is -2.21. The Morgan fingerprint density at radius 2 is 1.08 bits per heavy atom. The van der Waals surface area contributed by atoms with E-state index in [1.54, 1.807) is 6.92 Å². The SMILES string of the molecule is CC(C)(C)S(=O)(=O)Oc1ccccc1C(F)(F)F.CCC(C)S(=O)(=O)Oc1ccccc1C(F)(F)F. The van der Waals surface area contributed by atoms with Gasteiger partial charge in [0.1, 0.15) is 0 Å². The number of para-hydroxylation sites is 2. The minimum Gasteiger partial charge on any atom is -0.382 e. The molecule has 0 aliphatic heterocycles. The molecule has 0 spiro atoms. The Kier molecular flexibility index (Phi) is 9.89. The van der Waals surface area contributed by atoms with E-state index in [-0.39, 0.29) is 6.42 Å². The number of hydrogen-bond donors (Lipinski definition) is 0. The predicted octanol–water partition coefficient (Wildman–Crippen LogP) is 6.43. The van der Waals surface area contributed by atoms with Crippen molar-refractivity contribution < 1.29 is 51.5 Å². The molecule has 0 amide bonds. The van der Waals surface area contributed by atoms with Crippen LogP contribution in [-0.4, -0.2) is 26.8 Å². The van der Waals surface area contributed by atoms with Crippen LogP contribution in [-0.2, 0) is 32.6 Å². The lowest BCUT2D eigenvalue weighted by molar-refractivity contribution is -0.139. The molecule has 0 aliphatic rings. The second-order valence-corrected chi connectivity index (χ2v) is 12.7. The van der Waals surface area contributed by atoms with Gasteiger partial charge in [-0.05, 0) is 58.4 Å². The third-order valence-electron chi connectivity index (χ3n) is 4.61. The predicted molar refractivity (Wildman–Crippen MR) is 121 cm³/mol. The molecule has 0 bridgehead atoms. The van der Waals surface area contributed by atoms with E-state index in [1.165, 1.54) is 52.0 Å². The summed E-state index contributed by atoms with van der Waals surface area (Å²) in [4.78, 5) is 0. The molecule has 0 heterocycles. The first-order valence-corrected chi connectivity index (χ1v) is 13.2. The lowest BCUT2D eigenvalue weighted by Crippen LogP contribution is -2.32. The number of benzene rings is 2. The highest BCUT2D eigenvalue weighted by molar-refractivity contribution is 7.88. The Hall–Kier alpha value is -2.48. The van der Waals surface area contributed by atoms with Crippen LogP contribution in [0.5, 0.6) is 11.5 Å². The lowest BCUT2D eigenvalue weighted by atomic mass is 10.2. The standard InChI is InChI=1S/2C11H13F3O3S/c1-10(2,3)18(15,16)17-9-7-5-4-6-8(9)11(12,13)14;1-3-8(2)18(15,16)17-10-7-5-4-6-9(10)11(12,13)14/h4-7H,1-3H3;4-8H,3H2,1-2H3. The highest BCUT2D eigenvalue weighted by Gasteiger charge is 2.38. The molecule has 2 rings (SSSR count). The molecule has 6 nitrogen and oxygen atoms in total. The molecule has 0 aromatic heterocycles. The van der Waals surface area contributed by atoms with Crippen molar-refractivity contribution in [2.24, 2.45) is 0 Å². The first-order valence-electron chi connectivity index (χ1n) is 10.3. The first-order chi connectivity index (χ1) is 16.1. The van der Waals surface area contributed by atoms with Gasteiger partial charge >= 0.3 is 32.6 Å². The van der Waals surface area contributed by atoms with Gasteiger partial charge in [-0.1, -0.05) is 31.2 Å². The zero-order chi connectivity index (χ0) is 28.2. The molecule has 2 aromatic rings. The first kappa shape index (κ1) is 31.5. The normalized spacial score (nSPS) is 13.9. The van der Waals surface area contributed by atoms with Gasteiger partial charge < -0.3 is 8.37 Å². The topological polar surface area (TPSA) is 86.7 Å². The second kappa shape index (κ2) is 11.3. The van der Waals surface area contributed by atoms with Crippen LogP contribution >= 0.6 is 0 Å². The maximum absolute atomic E-state index is 12.6. The van der Waals surface area contributed by atoms with Crippen molar-refractivity contribution in [1.29, 1.82) is 0 Å². The van der Waals surface area contributed by atoms with Crippen LogP contribution in [0.4, 0.5) is 26.3 Å². The van der Waals surface area contributed by atoms with Crippen LogP contribution in [0, 0.1) is 0 Å². The van der Waals surface area contributed by atoms with E-state index in [0.717, 1.165) is 24.3 Å². The molecule has 36 heavy (non-hydrogen) atoms. The number of halogens is 6. The summed E-state index contributed by atoms with van der Waals surface area (Å²) in [5, 5.41) is -0.862. The van der Waals surface area contributed by atoms with Gasteiger partial charge in [0.25, 0.3) is 0 Å². The summed E-state index contributed by atoms with van der Waals surface area (Å²) in [5.74, 6) is -1.40. The fraction of sp³-hybridized carbons (Fsp3) is 0.455. The average molecular weight is 565 g/mol. The monoisotopic (exact) mass is 564 g/mol. The average Bonchev–Trinajstić information content (AvgIpc) is 2.71. The molecule has 0 saturated carbocycles. The molecule has 2 aromatic carbocycles. The van der Waals surface area contributed by atoms with Gasteiger partial charge in [0, 0.05) is 0 Å². The summed E-state index contributed by atoms with van der Waals surface area (Å²) in [6, 6.07) is 8.42. The summed E-state index contributed by atoms with van der Waals surface area (Å²) in [6.07, 6.45) is -9.05. The van der Waals surface area contributed by atoms with Crippen molar-refractivity contribution in [2.75, 3.05) is 0 Å². The van der Waals surface area contributed by atoms with Crippen LogP contribution in [0.25, 0.3) is 0 Å². The van der Waals surface area contributed by atoms with Crippen molar-refractivity contribution in [3.63, 3.8) is 0 Å². The molecule has 0 aliphatic carbocycles. The van der Waals surface area contributed by atoms with Gasteiger partial charge in [-0.15, -0.1) is 0 Å². The van der Waals surface area contributed by atoms with E-state index >= 15 is 0 Å². The van der Waals surface area contributed by atoms with Gasteiger partial charge in [0.2, 0.25) is 0 Å². The molecule has 0 N–H and O–H groups in total. The fourth-order valence-electron chi connectivity index (χ4n) is 2.20. The maximum atomic E-state index is 12.6. The van der Waals surface area contributed by atoms with Gasteiger partial charge in [0.05, 0.1) is 21.1 Å². The van der Waals surface area contributed by atoms with Crippen LogP contribution in [0.3, 0.4) is 0 Å². The van der Waals surface area contributed by atoms with E-state index in [9.17, 15) is 43.2 Å². The van der Waals surface area contributed by atoms with E-state index in [4.69, 9.17) is 0 Å². The van der Waals surface area contributed by atoms with Gasteiger partial charge in [-0.25, -0.2) is 0 Å². The van der Waals surface area contributed by atoms with Gasteiger partial charge in [-0.2, -0.15) is 43.2 Å². The van der Waals surface area contributed by atoms with Crippen molar-refractivity contribution in [3.8, 4) is 11.5 Å². The quantitative estimate of drug-likeness (QED) is 0.297. The number of alkyl halides is 6. The van der Waals surface area contributed by atoms with E-state index in [1.807, 2.05) is 0 Å². The van der Waals surface area contributed by atoms with Crippen LogP contribution in [0.1, 0.15) is 52.2 Å². The molecular weight excluding hydrogens is 538 g/mol. The Morgan fingerprint density at radius 3 is 1.42 bits per heavy atom. The Morgan fingerprint density at radius 1 is 0.722 bits per heavy atom. The number of hydrogen-bond acceptors (Lipinski definition) is 6. The van der Waals surface area contributed by atoms with Crippen LogP contribution in [0.15, 0.2) is 48.5 Å². The molecule has 0 radical (unpaired) electrons. The van der Waals surface area contributed by atoms with Crippen molar-refractivity contribution in [3.05, 3.63) is 59.7 Å². The zero-order valence-electron chi connectivity index (χ0n) is 19.9. The largest absolute Gasteiger partial charge is 0.420 e. The minimum atomic E-state index is -4.66. The maximum Gasteiger partial charge on any atom is 0.420 e. The Balaban J connectivity index is 0.000000360. The molecule has 204 valence electrons. The molecular formula is C22H26F6O6S2. The lowest BCUT2D eigenvalue weighted by Gasteiger charge is -2.20. The Labute approximate surface area is 206 Å². The smallest absolute Gasteiger partial charge is 0.382 e. The minimum absolute atomic E-state index is 0.260. The highest BCUT2D eigenvalue weighted by Crippen LogP contribution is 2.38. The molecule has 0 fully saturated rings. The van der Waals surface area contributed by atoms with Crippen LogP contribution in [0.2, 0.25) is 0 Å². The molecule has 0 saturated heterocycles. The van der Waals surface area contributed by atoms with Crippen LogP contribution < -0.4 is 8.37 Å². The highest BCUT2D eigenvalue weighted by atomic mass is 32.2. The van der Waals surface area contributed by atoms with Crippen molar-refractivity contribution >= 4 is 20.2 Å². The summed E-state index contributed by atoms with van der Waals surface area (Å²) >= 11 is 0. The van der Waals surface area contributed by atoms with Gasteiger partial charge in [0.15, 0.2) is 11.5 Å². The molecule has 1 unspecified atom stereocenters. The Bertz CT molecular complexity index is 1230. The van der Waals surface area contributed by atoms with Gasteiger partial charge in [-0.3, -0.25) is 0 Å². The molecule has 1 atom stereocenters. The van der Waals surface area contributed by atoms with Crippen molar-refractivity contribution in [1.82, 2.24) is 0 Å². The third kappa shape index (κ3) is 8.57. The second-order valence-electron chi connectivity index (χ2n) is 8.43. The number of rotatable bonds is 6. The third-order valence-corrected chi connectivity index (χ3v) is 8.24. The summed E-state index contributed by atoms with van der Waals surface area (Å²) in [6.45, 7) is 7.03. The van der Waals surface area contributed by atoms with E-state index in [2.05, 4.69) is 8.37 Å². The fourth-order valence-corrected chi connectivity index (χ4v) is 3.80. The zero-order valence-corrected chi connectivity index (χ0v) is 21.6. The van der Waals surface area contributed by atoms with E-state index < -0.39 is 65.2 Å². The van der Waals surface area contributed by atoms with E-state index in [0.29, 0.717) is 0 Å². The molecule has 14 heteroatoms.